The summed E-state index contributed by atoms with van der Waals surface area (Å²) in [5, 5.41) is 0. The zero-order valence-electron chi connectivity index (χ0n) is 15.7. The number of nitrogens with zero attached hydrogens (tertiary/aromatic N) is 3. The molecule has 2 amide bonds. The summed E-state index contributed by atoms with van der Waals surface area (Å²) >= 11 is 0. The first kappa shape index (κ1) is 17.5. The van der Waals surface area contributed by atoms with E-state index in [0.717, 1.165) is 31.6 Å². The van der Waals surface area contributed by atoms with Crippen molar-refractivity contribution in [3.05, 3.63) is 30.1 Å². The van der Waals surface area contributed by atoms with E-state index in [1.54, 1.807) is 11.1 Å². The lowest BCUT2D eigenvalue weighted by molar-refractivity contribution is -0.134. The smallest absolute Gasteiger partial charge is 0.226 e. The Labute approximate surface area is 155 Å². The molecule has 2 saturated carbocycles. The topological polar surface area (TPSA) is 53.5 Å². The molecule has 3 aliphatic rings. The number of hydrogen-bond donors (Lipinski definition) is 0. The summed E-state index contributed by atoms with van der Waals surface area (Å²) in [6.45, 7) is 2.17. The predicted octanol–water partition coefficient (Wildman–Crippen LogP) is 2.86. The van der Waals surface area contributed by atoms with E-state index in [2.05, 4.69) is 4.98 Å². The van der Waals surface area contributed by atoms with Gasteiger partial charge in [-0.05, 0) is 43.7 Å². The highest BCUT2D eigenvalue weighted by Crippen LogP contribution is 2.59. The summed E-state index contributed by atoms with van der Waals surface area (Å²) in [5.74, 6) is 1.20. The van der Waals surface area contributed by atoms with Crippen LogP contribution in [0.15, 0.2) is 24.4 Å². The summed E-state index contributed by atoms with van der Waals surface area (Å²) in [6.07, 6.45) is 9.38. The molecule has 4 rings (SSSR count). The number of amides is 2. The molecule has 5 heteroatoms. The lowest BCUT2D eigenvalue weighted by Crippen LogP contribution is -2.32. The number of carbonyl (C=O) groups excluding carboxylic acids is 2. The molecule has 2 heterocycles. The Hall–Kier alpha value is -1.91. The average molecular weight is 355 g/mol. The van der Waals surface area contributed by atoms with Crippen molar-refractivity contribution in [2.75, 3.05) is 20.1 Å². The molecule has 0 unspecified atom stereocenters. The van der Waals surface area contributed by atoms with Gasteiger partial charge < -0.3 is 9.80 Å². The molecule has 5 nitrogen and oxygen atoms in total. The molecule has 2 aliphatic carbocycles. The van der Waals surface area contributed by atoms with Crippen LogP contribution in [0.25, 0.3) is 0 Å². The second-order valence-electron chi connectivity index (χ2n) is 8.55. The second-order valence-corrected chi connectivity index (χ2v) is 8.55. The molecule has 0 radical (unpaired) electrons. The fourth-order valence-corrected chi connectivity index (χ4v) is 4.93. The number of aromatic nitrogens is 1. The van der Waals surface area contributed by atoms with Gasteiger partial charge in [-0.25, -0.2) is 0 Å². The van der Waals surface area contributed by atoms with Gasteiger partial charge in [0.15, 0.2) is 0 Å². The van der Waals surface area contributed by atoms with Crippen LogP contribution in [0.4, 0.5) is 0 Å². The van der Waals surface area contributed by atoms with Crippen molar-refractivity contribution in [3.8, 4) is 0 Å². The molecule has 3 fully saturated rings. The van der Waals surface area contributed by atoms with Crippen LogP contribution in [-0.2, 0) is 16.1 Å². The first-order chi connectivity index (χ1) is 12.6. The number of carbonyl (C=O) groups is 2. The Morgan fingerprint density at radius 1 is 1.31 bits per heavy atom. The van der Waals surface area contributed by atoms with Crippen LogP contribution in [-0.4, -0.2) is 46.7 Å². The Morgan fingerprint density at radius 3 is 2.85 bits per heavy atom. The van der Waals surface area contributed by atoms with E-state index in [1.807, 2.05) is 30.1 Å². The molecule has 0 N–H and O–H groups in total. The van der Waals surface area contributed by atoms with Gasteiger partial charge in [-0.2, -0.15) is 0 Å². The zero-order chi connectivity index (χ0) is 18.1. The van der Waals surface area contributed by atoms with Crippen LogP contribution in [0.5, 0.6) is 0 Å². The Morgan fingerprint density at radius 2 is 2.12 bits per heavy atom. The highest BCUT2D eigenvalue weighted by molar-refractivity contribution is 5.83. The second kappa shape index (κ2) is 7.01. The van der Waals surface area contributed by atoms with E-state index in [0.29, 0.717) is 24.8 Å². The van der Waals surface area contributed by atoms with E-state index in [1.165, 1.54) is 25.7 Å². The molecule has 0 bridgehead atoms. The number of hydrogen-bond acceptors (Lipinski definition) is 3. The summed E-state index contributed by atoms with van der Waals surface area (Å²) in [4.78, 5) is 33.5. The van der Waals surface area contributed by atoms with Crippen LogP contribution in [0.2, 0.25) is 0 Å². The molecular formula is C21H29N3O2. The highest BCUT2D eigenvalue weighted by atomic mass is 16.2. The van der Waals surface area contributed by atoms with E-state index >= 15 is 0 Å². The van der Waals surface area contributed by atoms with Gasteiger partial charge in [0.05, 0.1) is 12.2 Å². The minimum atomic E-state index is 0.0563. The molecule has 0 aromatic carbocycles. The highest BCUT2D eigenvalue weighted by Gasteiger charge is 2.61. The van der Waals surface area contributed by atoms with Gasteiger partial charge in [0.25, 0.3) is 0 Å². The van der Waals surface area contributed by atoms with Crippen LogP contribution in [0, 0.1) is 17.3 Å². The van der Waals surface area contributed by atoms with Crippen molar-refractivity contribution in [1.29, 1.82) is 0 Å². The minimum Gasteiger partial charge on any atom is -0.342 e. The van der Waals surface area contributed by atoms with E-state index in [-0.39, 0.29) is 17.2 Å². The Balaban J connectivity index is 1.29. The summed E-state index contributed by atoms with van der Waals surface area (Å²) in [5.41, 5.74) is 0.971. The summed E-state index contributed by atoms with van der Waals surface area (Å²) in [7, 11) is 1.86. The maximum Gasteiger partial charge on any atom is 0.226 e. The Bertz CT molecular complexity index is 671. The molecule has 1 aromatic heterocycles. The standard InChI is InChI=1S/C21H29N3O2/c1-23(14-17-8-4-5-10-22-17)20(26)18-13-21(18)9-11-24(15-21)19(25)12-16-6-2-3-7-16/h4-5,8,10,16,18H,2-3,6-7,9,11-15H2,1H3/t18-,21-/m1/s1. The van der Waals surface area contributed by atoms with Crippen molar-refractivity contribution in [3.63, 3.8) is 0 Å². The first-order valence-electron chi connectivity index (χ1n) is 10.00. The predicted molar refractivity (Wildman–Crippen MR) is 99.0 cm³/mol. The third kappa shape index (κ3) is 3.49. The van der Waals surface area contributed by atoms with Gasteiger partial charge >= 0.3 is 0 Å². The van der Waals surface area contributed by atoms with E-state index < -0.39 is 0 Å². The maximum atomic E-state index is 12.8. The first-order valence-corrected chi connectivity index (χ1v) is 10.00. The number of pyridine rings is 1. The normalized spacial score (nSPS) is 27.9. The third-order valence-electron chi connectivity index (χ3n) is 6.67. The fraction of sp³-hybridized carbons (Fsp3) is 0.667. The molecule has 26 heavy (non-hydrogen) atoms. The van der Waals surface area contributed by atoms with Gasteiger partial charge in [0.2, 0.25) is 11.8 Å². The van der Waals surface area contributed by atoms with Crippen LogP contribution in [0.1, 0.15) is 50.6 Å². The van der Waals surface area contributed by atoms with Crippen molar-refractivity contribution in [2.45, 2.75) is 51.5 Å². The van der Waals surface area contributed by atoms with Crippen LogP contribution in [0.3, 0.4) is 0 Å². The average Bonchev–Trinajstić information content (AvgIpc) is 2.98. The van der Waals surface area contributed by atoms with Crippen LogP contribution < -0.4 is 0 Å². The molecule has 1 aromatic rings. The van der Waals surface area contributed by atoms with Gasteiger partial charge in [-0.1, -0.05) is 18.9 Å². The molecule has 1 spiro atoms. The molecular weight excluding hydrogens is 326 g/mol. The molecule has 2 atom stereocenters. The van der Waals surface area contributed by atoms with Crippen molar-refractivity contribution >= 4 is 11.8 Å². The van der Waals surface area contributed by atoms with Gasteiger partial charge in [0.1, 0.15) is 0 Å². The largest absolute Gasteiger partial charge is 0.342 e. The van der Waals surface area contributed by atoms with Crippen molar-refractivity contribution in [1.82, 2.24) is 14.8 Å². The van der Waals surface area contributed by atoms with Gasteiger partial charge in [0, 0.05) is 44.1 Å². The van der Waals surface area contributed by atoms with Crippen molar-refractivity contribution in [2.24, 2.45) is 17.3 Å². The van der Waals surface area contributed by atoms with Crippen LogP contribution >= 0.6 is 0 Å². The molecule has 140 valence electrons. The zero-order valence-corrected chi connectivity index (χ0v) is 15.7. The summed E-state index contributed by atoms with van der Waals surface area (Å²) < 4.78 is 0. The SMILES string of the molecule is CN(Cc1ccccn1)C(=O)[C@H]1C[C@@]12CCN(C(=O)CC1CCCC1)C2. The summed E-state index contributed by atoms with van der Waals surface area (Å²) in [6, 6.07) is 5.78. The van der Waals surface area contributed by atoms with Gasteiger partial charge in [-0.15, -0.1) is 0 Å². The molecule has 1 aliphatic heterocycles. The number of rotatable bonds is 5. The maximum absolute atomic E-state index is 12.8. The Kier molecular flexibility index (Phi) is 4.72. The number of likely N-dealkylation sites (tertiary alicyclic amines) is 1. The lowest BCUT2D eigenvalue weighted by Gasteiger charge is -2.20. The monoisotopic (exact) mass is 355 g/mol. The van der Waals surface area contributed by atoms with E-state index in [4.69, 9.17) is 0 Å². The third-order valence-corrected chi connectivity index (χ3v) is 6.67. The quantitative estimate of drug-likeness (QED) is 0.816. The molecule has 1 saturated heterocycles. The minimum absolute atomic E-state index is 0.0563. The lowest BCUT2D eigenvalue weighted by atomic mass is 10.0. The van der Waals surface area contributed by atoms with E-state index in [9.17, 15) is 9.59 Å². The van der Waals surface area contributed by atoms with Gasteiger partial charge in [-0.3, -0.25) is 14.6 Å². The fourth-order valence-electron chi connectivity index (χ4n) is 4.93. The van der Waals surface area contributed by atoms with Crippen molar-refractivity contribution < 1.29 is 9.59 Å².